The van der Waals surface area contributed by atoms with Crippen LogP contribution in [0.5, 0.6) is 5.75 Å². The van der Waals surface area contributed by atoms with Gasteiger partial charge in [-0.2, -0.15) is 0 Å². The molecule has 0 saturated carbocycles. The van der Waals surface area contributed by atoms with Crippen LogP contribution in [0.2, 0.25) is 9.36 Å². The van der Waals surface area contributed by atoms with E-state index in [9.17, 15) is 0 Å². The number of nitrogens with two attached hydrogens (primary N) is 1. The average Bonchev–Trinajstić information content (AvgIpc) is 2.72. The third kappa shape index (κ3) is 3.36. The van der Waals surface area contributed by atoms with Crippen LogP contribution in [0.15, 0.2) is 30.3 Å². The summed E-state index contributed by atoms with van der Waals surface area (Å²) in [6, 6.07) is 9.01. The van der Waals surface area contributed by atoms with Crippen molar-refractivity contribution in [3.63, 3.8) is 0 Å². The molecule has 0 radical (unpaired) electrons. The first-order valence-electron chi connectivity index (χ1n) is 5.02. The summed E-state index contributed by atoms with van der Waals surface area (Å²) in [4.78, 5) is 1.33. The van der Waals surface area contributed by atoms with Crippen LogP contribution in [-0.4, -0.2) is 4.99 Å². The van der Waals surface area contributed by atoms with Crippen molar-refractivity contribution < 1.29 is 4.74 Å². The SMILES string of the molecule is NC(=S)c1ccc(OCc2ccc(Cl)s2)cc1Cl. The summed E-state index contributed by atoms with van der Waals surface area (Å²) in [5.41, 5.74) is 6.18. The summed E-state index contributed by atoms with van der Waals surface area (Å²) in [6.07, 6.45) is 0. The van der Waals surface area contributed by atoms with Crippen molar-refractivity contribution in [2.24, 2.45) is 5.73 Å². The van der Waals surface area contributed by atoms with E-state index < -0.39 is 0 Å². The second-order valence-corrected chi connectivity index (χ2v) is 6.15. The van der Waals surface area contributed by atoms with Crippen molar-refractivity contribution in [1.29, 1.82) is 0 Å². The summed E-state index contributed by atoms with van der Waals surface area (Å²) in [5, 5.41) is 0.490. The van der Waals surface area contributed by atoms with Gasteiger partial charge in [0.05, 0.1) is 9.36 Å². The van der Waals surface area contributed by atoms with Crippen LogP contribution in [0.4, 0.5) is 0 Å². The predicted molar refractivity (Wildman–Crippen MR) is 81.0 cm³/mol. The fourth-order valence-electron chi connectivity index (χ4n) is 1.37. The highest BCUT2D eigenvalue weighted by Gasteiger charge is 2.05. The quantitative estimate of drug-likeness (QED) is 0.855. The molecular weight excluding hydrogens is 309 g/mol. The maximum Gasteiger partial charge on any atom is 0.122 e. The summed E-state index contributed by atoms with van der Waals surface area (Å²) in [5.74, 6) is 0.671. The van der Waals surface area contributed by atoms with E-state index in [0.717, 1.165) is 9.21 Å². The van der Waals surface area contributed by atoms with Crippen LogP contribution in [0.3, 0.4) is 0 Å². The van der Waals surface area contributed by atoms with Crippen LogP contribution in [0, 0.1) is 0 Å². The zero-order valence-corrected chi connectivity index (χ0v) is 12.3. The number of halogens is 2. The summed E-state index contributed by atoms with van der Waals surface area (Å²) >= 11 is 18.2. The van der Waals surface area contributed by atoms with Gasteiger partial charge in [0, 0.05) is 10.4 Å². The van der Waals surface area contributed by atoms with Gasteiger partial charge >= 0.3 is 0 Å². The van der Waals surface area contributed by atoms with Gasteiger partial charge in [-0.25, -0.2) is 0 Å². The Labute approximate surface area is 124 Å². The average molecular weight is 318 g/mol. The summed E-state index contributed by atoms with van der Waals surface area (Å²) in [6.45, 7) is 0.458. The molecule has 0 spiro atoms. The van der Waals surface area contributed by atoms with Crippen molar-refractivity contribution >= 4 is 51.7 Å². The van der Waals surface area contributed by atoms with Crippen molar-refractivity contribution in [3.8, 4) is 5.75 Å². The Balaban J connectivity index is 2.06. The lowest BCUT2D eigenvalue weighted by Gasteiger charge is -2.07. The van der Waals surface area contributed by atoms with E-state index in [1.54, 1.807) is 18.2 Å². The molecule has 0 aliphatic heterocycles. The molecule has 6 heteroatoms. The standard InChI is InChI=1S/C12H9Cl2NOS2/c13-10-5-7(1-3-9(10)12(15)17)16-6-8-2-4-11(14)18-8/h1-5H,6H2,(H2,15,17). The molecule has 2 nitrogen and oxygen atoms in total. The van der Waals surface area contributed by atoms with E-state index in [1.165, 1.54) is 11.3 Å². The molecular formula is C12H9Cl2NOS2. The zero-order chi connectivity index (χ0) is 13.1. The lowest BCUT2D eigenvalue weighted by molar-refractivity contribution is 0.310. The van der Waals surface area contributed by atoms with Crippen molar-refractivity contribution in [1.82, 2.24) is 0 Å². The minimum absolute atomic E-state index is 0.275. The van der Waals surface area contributed by atoms with Gasteiger partial charge in [-0.05, 0) is 30.3 Å². The first-order valence-corrected chi connectivity index (χ1v) is 7.00. The van der Waals surface area contributed by atoms with Gasteiger partial charge in [0.2, 0.25) is 0 Å². The van der Waals surface area contributed by atoms with E-state index >= 15 is 0 Å². The molecule has 94 valence electrons. The molecule has 18 heavy (non-hydrogen) atoms. The molecule has 0 amide bonds. The van der Waals surface area contributed by atoms with Crippen LogP contribution < -0.4 is 10.5 Å². The van der Waals surface area contributed by atoms with Crippen LogP contribution >= 0.6 is 46.8 Å². The monoisotopic (exact) mass is 317 g/mol. The van der Waals surface area contributed by atoms with Crippen LogP contribution in [0.25, 0.3) is 0 Å². The molecule has 1 aromatic carbocycles. The summed E-state index contributed by atoms with van der Waals surface area (Å²) in [7, 11) is 0. The smallest absolute Gasteiger partial charge is 0.122 e. The van der Waals surface area contributed by atoms with Gasteiger partial charge in [-0.3, -0.25) is 0 Å². The van der Waals surface area contributed by atoms with Crippen LogP contribution in [0.1, 0.15) is 10.4 Å². The topological polar surface area (TPSA) is 35.2 Å². The second-order valence-electron chi connectivity index (χ2n) is 3.50. The van der Waals surface area contributed by atoms with Crippen molar-refractivity contribution in [2.45, 2.75) is 6.61 Å². The molecule has 0 unspecified atom stereocenters. The fraction of sp³-hybridized carbons (Fsp3) is 0.0833. The Hall–Kier alpha value is -0.810. The maximum atomic E-state index is 6.04. The number of thiocarbonyl (C=S) groups is 1. The Morgan fingerprint density at radius 2 is 2.06 bits per heavy atom. The maximum absolute atomic E-state index is 6.04. The molecule has 0 atom stereocenters. The molecule has 2 aromatic rings. The second kappa shape index (κ2) is 5.89. The highest BCUT2D eigenvalue weighted by molar-refractivity contribution is 7.80. The lowest BCUT2D eigenvalue weighted by atomic mass is 10.2. The van der Waals surface area contributed by atoms with Crippen molar-refractivity contribution in [2.75, 3.05) is 0 Å². The van der Waals surface area contributed by atoms with E-state index in [2.05, 4.69) is 0 Å². The number of ether oxygens (including phenoxy) is 1. The van der Waals surface area contributed by atoms with Gasteiger partial charge in [-0.15, -0.1) is 11.3 Å². The molecule has 1 aromatic heterocycles. The highest BCUT2D eigenvalue weighted by atomic mass is 35.5. The molecule has 0 aliphatic rings. The van der Waals surface area contributed by atoms with Gasteiger partial charge in [0.15, 0.2) is 0 Å². The molecule has 2 N–H and O–H groups in total. The third-order valence-corrected chi connectivity index (χ3v) is 3.95. The fourth-order valence-corrected chi connectivity index (χ4v) is 2.88. The Bertz CT molecular complexity index is 583. The third-order valence-electron chi connectivity index (χ3n) is 2.22. The number of hydrogen-bond donors (Lipinski definition) is 1. The normalized spacial score (nSPS) is 10.3. The Kier molecular flexibility index (Phi) is 4.45. The number of hydrogen-bond acceptors (Lipinski definition) is 3. The number of benzene rings is 1. The Morgan fingerprint density at radius 1 is 1.28 bits per heavy atom. The van der Waals surface area contributed by atoms with Crippen LogP contribution in [-0.2, 0) is 6.61 Å². The lowest BCUT2D eigenvalue weighted by Crippen LogP contribution is -2.09. The van der Waals surface area contributed by atoms with E-state index in [-0.39, 0.29) is 4.99 Å². The molecule has 0 saturated heterocycles. The van der Waals surface area contributed by atoms with Gasteiger partial charge < -0.3 is 10.5 Å². The molecule has 0 aliphatic carbocycles. The largest absolute Gasteiger partial charge is 0.488 e. The minimum Gasteiger partial charge on any atom is -0.488 e. The predicted octanol–water partition coefficient (Wildman–Crippen LogP) is 4.27. The van der Waals surface area contributed by atoms with Gasteiger partial charge in [0.1, 0.15) is 17.3 Å². The number of rotatable bonds is 4. The van der Waals surface area contributed by atoms with Gasteiger partial charge in [0.25, 0.3) is 0 Å². The van der Waals surface area contributed by atoms with E-state index in [1.807, 2.05) is 12.1 Å². The molecule has 0 bridgehead atoms. The number of thiophene rings is 1. The first-order chi connectivity index (χ1) is 8.56. The summed E-state index contributed by atoms with van der Waals surface area (Å²) < 4.78 is 6.35. The highest BCUT2D eigenvalue weighted by Crippen LogP contribution is 2.25. The zero-order valence-electron chi connectivity index (χ0n) is 9.15. The van der Waals surface area contributed by atoms with E-state index in [0.29, 0.717) is 22.9 Å². The molecule has 2 rings (SSSR count). The molecule has 1 heterocycles. The van der Waals surface area contributed by atoms with Crippen molar-refractivity contribution in [3.05, 3.63) is 50.1 Å². The Morgan fingerprint density at radius 3 is 2.61 bits per heavy atom. The minimum atomic E-state index is 0.275. The first kappa shape index (κ1) is 13.6. The van der Waals surface area contributed by atoms with E-state index in [4.69, 9.17) is 45.9 Å². The molecule has 0 fully saturated rings. The van der Waals surface area contributed by atoms with Gasteiger partial charge in [-0.1, -0.05) is 35.4 Å².